The van der Waals surface area contributed by atoms with Gasteiger partial charge in [0.2, 0.25) is 0 Å². The number of nitrogens with zero attached hydrogens (tertiary/aromatic N) is 2. The summed E-state index contributed by atoms with van der Waals surface area (Å²) in [5.41, 5.74) is -0.557. The van der Waals surface area contributed by atoms with Crippen LogP contribution in [0.4, 0.5) is 10.6 Å². The van der Waals surface area contributed by atoms with Gasteiger partial charge in [0.25, 0.3) is 5.91 Å². The van der Waals surface area contributed by atoms with Crippen LogP contribution in [0.25, 0.3) is 0 Å². The molecular formula is C20H21Cl2N5O5. The molecule has 0 aliphatic carbocycles. The second-order valence-corrected chi connectivity index (χ2v) is 8.05. The van der Waals surface area contributed by atoms with Crippen LogP contribution in [0.15, 0.2) is 29.2 Å². The number of likely N-dealkylation sites (tertiary alicyclic amines) is 1. The van der Waals surface area contributed by atoms with Crippen molar-refractivity contribution < 1.29 is 19.5 Å². The average molecular weight is 482 g/mol. The quantitative estimate of drug-likeness (QED) is 0.498. The average Bonchev–Trinajstić information content (AvgIpc) is 2.75. The molecule has 1 fully saturated rings. The van der Waals surface area contributed by atoms with E-state index in [1.165, 1.54) is 12.1 Å². The van der Waals surface area contributed by atoms with Crippen molar-refractivity contribution in [2.24, 2.45) is 0 Å². The molecule has 10 nitrogen and oxygen atoms in total. The standard InChI is InChI=1S/C20H21Cl2N5O5/c21-12-5-4-6-13(22)15(12)17(28)25-16-11(10-23-19(31)26-16)9-14(18(29)30)24-20(32)27-7-2-1-3-8-27/h4-6,10,14H,1-3,7-9H2,(H,24,32)(H,29,30)(H2,23,25,26,28,31). The molecule has 1 aliphatic heterocycles. The van der Waals surface area contributed by atoms with Gasteiger partial charge in [0.15, 0.2) is 0 Å². The number of aromatic nitrogens is 2. The number of aliphatic carboxylic acids is 1. The highest BCUT2D eigenvalue weighted by atomic mass is 35.5. The second kappa shape index (κ2) is 10.5. The number of H-pyrrole nitrogens is 1. The lowest BCUT2D eigenvalue weighted by Gasteiger charge is -2.28. The summed E-state index contributed by atoms with van der Waals surface area (Å²) < 4.78 is 0. The number of piperidine rings is 1. The Hall–Kier alpha value is -3.11. The predicted molar refractivity (Wildman–Crippen MR) is 118 cm³/mol. The van der Waals surface area contributed by atoms with Crippen molar-refractivity contribution in [1.29, 1.82) is 0 Å². The fourth-order valence-corrected chi connectivity index (χ4v) is 3.90. The monoisotopic (exact) mass is 481 g/mol. The molecule has 170 valence electrons. The van der Waals surface area contributed by atoms with E-state index in [2.05, 4.69) is 20.6 Å². The Morgan fingerprint density at radius 3 is 2.44 bits per heavy atom. The number of carboxylic acids is 1. The van der Waals surface area contributed by atoms with E-state index in [0.29, 0.717) is 13.1 Å². The maximum Gasteiger partial charge on any atom is 0.346 e. The molecule has 2 heterocycles. The number of halogens is 2. The molecule has 4 N–H and O–H groups in total. The summed E-state index contributed by atoms with van der Waals surface area (Å²) in [7, 11) is 0. The number of aromatic amines is 1. The maximum absolute atomic E-state index is 12.7. The Morgan fingerprint density at radius 2 is 1.81 bits per heavy atom. The van der Waals surface area contributed by atoms with Gasteiger partial charge in [0, 0.05) is 31.3 Å². The molecule has 12 heteroatoms. The van der Waals surface area contributed by atoms with Crippen LogP contribution in [0.1, 0.15) is 35.2 Å². The van der Waals surface area contributed by atoms with Gasteiger partial charge < -0.3 is 20.6 Å². The summed E-state index contributed by atoms with van der Waals surface area (Å²) in [6, 6.07) is 2.74. The Kier molecular flexibility index (Phi) is 7.70. The van der Waals surface area contributed by atoms with Gasteiger partial charge in [0.1, 0.15) is 11.9 Å². The molecule has 1 aromatic heterocycles. The first-order chi connectivity index (χ1) is 15.3. The largest absolute Gasteiger partial charge is 0.480 e. The number of urea groups is 1. The number of carboxylic acid groups (broad SMARTS) is 1. The molecule has 1 aliphatic rings. The number of carbonyl (C=O) groups excluding carboxylic acids is 2. The Morgan fingerprint density at radius 1 is 1.16 bits per heavy atom. The summed E-state index contributed by atoms with van der Waals surface area (Å²) >= 11 is 12.1. The molecule has 3 amide bonds. The normalized spacial score (nSPS) is 14.5. The lowest BCUT2D eigenvalue weighted by molar-refractivity contribution is -0.139. The van der Waals surface area contributed by atoms with Gasteiger partial charge in [-0.1, -0.05) is 29.3 Å². The molecule has 2 aromatic rings. The molecule has 1 atom stereocenters. The first kappa shape index (κ1) is 23.6. The van der Waals surface area contributed by atoms with Gasteiger partial charge in [-0.25, -0.2) is 19.4 Å². The van der Waals surface area contributed by atoms with E-state index < -0.39 is 29.6 Å². The smallest absolute Gasteiger partial charge is 0.346 e. The molecule has 0 bridgehead atoms. The van der Waals surface area contributed by atoms with Gasteiger partial charge in [-0.15, -0.1) is 0 Å². The van der Waals surface area contributed by atoms with Crippen molar-refractivity contribution in [2.45, 2.75) is 31.7 Å². The minimum atomic E-state index is -1.31. The molecule has 3 rings (SSSR count). The minimum absolute atomic E-state index is 0.00682. The number of carbonyl (C=O) groups is 3. The van der Waals surface area contributed by atoms with Crippen molar-refractivity contribution >= 4 is 46.9 Å². The summed E-state index contributed by atoms with van der Waals surface area (Å²) in [4.78, 5) is 56.2. The zero-order valence-electron chi connectivity index (χ0n) is 16.9. The first-order valence-electron chi connectivity index (χ1n) is 9.88. The first-order valence-corrected chi connectivity index (χ1v) is 10.6. The number of nitrogens with one attached hydrogen (secondary N) is 3. The number of hydrogen-bond acceptors (Lipinski definition) is 5. The molecule has 1 saturated heterocycles. The van der Waals surface area contributed by atoms with E-state index in [1.807, 2.05) is 0 Å². The van der Waals surface area contributed by atoms with Crippen molar-refractivity contribution in [1.82, 2.24) is 20.2 Å². The van der Waals surface area contributed by atoms with Crippen molar-refractivity contribution in [2.75, 3.05) is 18.4 Å². The van der Waals surface area contributed by atoms with Crippen molar-refractivity contribution in [3.05, 3.63) is 56.1 Å². The van der Waals surface area contributed by atoms with Crippen molar-refractivity contribution in [3.8, 4) is 0 Å². The van der Waals surface area contributed by atoms with Gasteiger partial charge in [-0.05, 0) is 31.4 Å². The zero-order chi connectivity index (χ0) is 23.3. The molecule has 0 radical (unpaired) electrons. The lowest BCUT2D eigenvalue weighted by atomic mass is 10.1. The summed E-state index contributed by atoms with van der Waals surface area (Å²) in [5.74, 6) is -2.04. The maximum atomic E-state index is 12.7. The third-order valence-corrected chi connectivity index (χ3v) is 5.61. The van der Waals surface area contributed by atoms with Crippen LogP contribution in [-0.2, 0) is 11.2 Å². The summed E-state index contributed by atoms with van der Waals surface area (Å²) in [6.45, 7) is 1.11. The van der Waals surface area contributed by atoms with Crippen LogP contribution in [-0.4, -0.2) is 57.0 Å². The van der Waals surface area contributed by atoms with E-state index in [1.54, 1.807) is 11.0 Å². The molecule has 1 aromatic carbocycles. The lowest BCUT2D eigenvalue weighted by Crippen LogP contribution is -2.50. The molecule has 0 saturated carbocycles. The van der Waals surface area contributed by atoms with Gasteiger partial charge in [-0.3, -0.25) is 9.78 Å². The van der Waals surface area contributed by atoms with Gasteiger partial charge in [-0.2, -0.15) is 0 Å². The second-order valence-electron chi connectivity index (χ2n) is 7.23. The highest BCUT2D eigenvalue weighted by molar-refractivity contribution is 6.40. The van der Waals surface area contributed by atoms with Crippen LogP contribution >= 0.6 is 23.2 Å². The Labute approximate surface area is 192 Å². The fraction of sp³-hybridized carbons (Fsp3) is 0.350. The highest BCUT2D eigenvalue weighted by Crippen LogP contribution is 2.25. The third kappa shape index (κ3) is 5.77. The number of benzene rings is 1. The van der Waals surface area contributed by atoms with Crippen LogP contribution < -0.4 is 16.3 Å². The van der Waals surface area contributed by atoms with Crippen molar-refractivity contribution in [3.63, 3.8) is 0 Å². The van der Waals surface area contributed by atoms with Gasteiger partial charge in [0.05, 0.1) is 15.6 Å². The van der Waals surface area contributed by atoms with Crippen LogP contribution in [0.3, 0.4) is 0 Å². The van der Waals surface area contributed by atoms with Crippen LogP contribution in [0, 0.1) is 0 Å². The Balaban J connectivity index is 1.81. The van der Waals surface area contributed by atoms with E-state index in [9.17, 15) is 24.3 Å². The molecule has 32 heavy (non-hydrogen) atoms. The molecule has 1 unspecified atom stereocenters. The fourth-order valence-electron chi connectivity index (χ4n) is 3.33. The Bertz CT molecular complexity index is 1060. The molecular weight excluding hydrogens is 461 g/mol. The van der Waals surface area contributed by atoms with Crippen LogP contribution in [0.2, 0.25) is 10.0 Å². The highest BCUT2D eigenvalue weighted by Gasteiger charge is 2.26. The topological polar surface area (TPSA) is 144 Å². The number of amides is 3. The summed E-state index contributed by atoms with van der Waals surface area (Å²) in [6.07, 6.45) is 3.65. The summed E-state index contributed by atoms with van der Waals surface area (Å²) in [5, 5.41) is 14.8. The number of hydrogen-bond donors (Lipinski definition) is 4. The predicted octanol–water partition coefficient (Wildman–Crippen LogP) is 2.52. The zero-order valence-corrected chi connectivity index (χ0v) is 18.4. The van der Waals surface area contributed by atoms with Gasteiger partial charge >= 0.3 is 17.7 Å². The SMILES string of the molecule is O=C(Nc1[nH]c(=O)ncc1CC(NC(=O)N1CCCCC1)C(=O)O)c1c(Cl)cccc1Cl. The van der Waals surface area contributed by atoms with E-state index in [4.69, 9.17) is 23.2 Å². The minimum Gasteiger partial charge on any atom is -0.480 e. The molecule has 0 spiro atoms. The number of rotatable bonds is 6. The van der Waals surface area contributed by atoms with Crippen LogP contribution in [0.5, 0.6) is 0 Å². The van der Waals surface area contributed by atoms with E-state index in [0.717, 1.165) is 25.5 Å². The van der Waals surface area contributed by atoms with E-state index in [-0.39, 0.29) is 33.4 Å². The third-order valence-electron chi connectivity index (χ3n) is 4.98. The number of anilines is 1. The van der Waals surface area contributed by atoms with E-state index >= 15 is 0 Å².